The Kier molecular flexibility index (Phi) is 5.14. The number of hydrogen-bond donors (Lipinski definition) is 1. The Labute approximate surface area is 157 Å². The molecule has 1 aliphatic rings. The first-order chi connectivity index (χ1) is 12.6. The maximum atomic E-state index is 13.2. The molecule has 1 fully saturated rings. The van der Waals surface area contributed by atoms with Gasteiger partial charge in [0.15, 0.2) is 0 Å². The summed E-state index contributed by atoms with van der Waals surface area (Å²) in [5.41, 5.74) is -1.66. The molecule has 2 aromatic rings. The molecule has 0 atom stereocenters. The van der Waals surface area contributed by atoms with Crippen LogP contribution in [0.3, 0.4) is 0 Å². The number of alkyl halides is 3. The SMILES string of the molecule is O=C(c1ccc(Cl)cc1C(F)(F)F)N1CCN(S(=O)(=O)c2ncn[nH]2)CC1. The van der Waals surface area contributed by atoms with Crippen LogP contribution < -0.4 is 0 Å². The third kappa shape index (κ3) is 3.92. The number of sulfonamides is 1. The third-order valence-corrected chi connectivity index (χ3v) is 5.99. The van der Waals surface area contributed by atoms with Gasteiger partial charge in [-0.3, -0.25) is 4.79 Å². The van der Waals surface area contributed by atoms with Crippen LogP contribution >= 0.6 is 11.6 Å². The summed E-state index contributed by atoms with van der Waals surface area (Å²) < 4.78 is 65.4. The molecule has 0 saturated carbocycles. The number of rotatable bonds is 3. The van der Waals surface area contributed by atoms with Gasteiger partial charge in [-0.25, -0.2) is 18.5 Å². The van der Waals surface area contributed by atoms with Gasteiger partial charge in [0.05, 0.1) is 11.1 Å². The first-order valence-electron chi connectivity index (χ1n) is 7.62. The molecule has 0 radical (unpaired) electrons. The molecule has 1 saturated heterocycles. The molecule has 3 rings (SSSR count). The number of H-pyrrole nitrogens is 1. The summed E-state index contributed by atoms with van der Waals surface area (Å²) in [6.07, 6.45) is -3.70. The van der Waals surface area contributed by atoms with Gasteiger partial charge < -0.3 is 4.90 Å². The van der Waals surface area contributed by atoms with Crippen LogP contribution in [0.15, 0.2) is 29.7 Å². The van der Waals surface area contributed by atoms with Crippen LogP contribution in [0.5, 0.6) is 0 Å². The lowest BCUT2D eigenvalue weighted by molar-refractivity contribution is -0.138. The monoisotopic (exact) mass is 423 g/mol. The molecule has 13 heteroatoms. The highest BCUT2D eigenvalue weighted by Gasteiger charge is 2.38. The fraction of sp³-hybridized carbons (Fsp3) is 0.357. The lowest BCUT2D eigenvalue weighted by atomic mass is 10.1. The Hall–Kier alpha value is -2.18. The van der Waals surface area contributed by atoms with E-state index in [0.29, 0.717) is 6.07 Å². The van der Waals surface area contributed by atoms with Crippen molar-refractivity contribution in [3.05, 3.63) is 40.7 Å². The molecule has 0 bridgehead atoms. The van der Waals surface area contributed by atoms with Gasteiger partial charge in [0.2, 0.25) is 0 Å². The van der Waals surface area contributed by atoms with Crippen molar-refractivity contribution in [2.75, 3.05) is 26.2 Å². The molecule has 0 unspecified atom stereocenters. The van der Waals surface area contributed by atoms with E-state index in [0.717, 1.165) is 16.7 Å². The highest BCUT2D eigenvalue weighted by Crippen LogP contribution is 2.34. The second-order valence-electron chi connectivity index (χ2n) is 5.67. The zero-order valence-corrected chi connectivity index (χ0v) is 15.1. The smallest absolute Gasteiger partial charge is 0.336 e. The van der Waals surface area contributed by atoms with Crippen LogP contribution in [0.1, 0.15) is 15.9 Å². The average Bonchev–Trinajstić information content (AvgIpc) is 3.16. The molecule has 1 aliphatic heterocycles. The molecular formula is C14H13ClF3N5O3S. The number of amides is 1. The summed E-state index contributed by atoms with van der Waals surface area (Å²) in [4.78, 5) is 17.3. The Morgan fingerprint density at radius 3 is 2.41 bits per heavy atom. The van der Waals surface area contributed by atoms with Crippen molar-refractivity contribution in [3.8, 4) is 0 Å². The number of aromatic amines is 1. The molecule has 1 amide bonds. The summed E-state index contributed by atoms with van der Waals surface area (Å²) in [6.45, 7) is -0.286. The number of aromatic nitrogens is 3. The summed E-state index contributed by atoms with van der Waals surface area (Å²) in [6, 6.07) is 2.92. The molecule has 8 nitrogen and oxygen atoms in total. The van der Waals surface area contributed by atoms with Crippen LogP contribution in [-0.2, 0) is 16.2 Å². The van der Waals surface area contributed by atoms with Crippen molar-refractivity contribution in [2.24, 2.45) is 0 Å². The molecular weight excluding hydrogens is 411 g/mol. The molecule has 27 heavy (non-hydrogen) atoms. The number of halogens is 4. The number of piperazine rings is 1. The van der Waals surface area contributed by atoms with E-state index >= 15 is 0 Å². The molecule has 0 spiro atoms. The quantitative estimate of drug-likeness (QED) is 0.808. The number of benzene rings is 1. The first kappa shape index (κ1) is 19.6. The fourth-order valence-corrected chi connectivity index (χ4v) is 4.09. The van der Waals surface area contributed by atoms with Gasteiger partial charge in [0, 0.05) is 31.2 Å². The standard InChI is InChI=1S/C14H13ClF3N5O3S/c15-9-1-2-10(11(7-9)14(16,17)18)12(24)22-3-5-23(6-4-22)27(25,26)13-19-8-20-21-13/h1-2,7-8H,3-6H2,(H,19,20,21). The van der Waals surface area contributed by atoms with E-state index in [2.05, 4.69) is 15.2 Å². The van der Waals surface area contributed by atoms with E-state index in [1.54, 1.807) is 0 Å². The Morgan fingerprint density at radius 2 is 1.85 bits per heavy atom. The van der Waals surface area contributed by atoms with Crippen molar-refractivity contribution < 1.29 is 26.4 Å². The van der Waals surface area contributed by atoms with E-state index in [9.17, 15) is 26.4 Å². The van der Waals surface area contributed by atoms with E-state index in [1.165, 1.54) is 11.0 Å². The van der Waals surface area contributed by atoms with Crippen molar-refractivity contribution in [1.82, 2.24) is 24.4 Å². The highest BCUT2D eigenvalue weighted by molar-refractivity contribution is 7.88. The largest absolute Gasteiger partial charge is 0.417 e. The van der Waals surface area contributed by atoms with E-state index in [1.807, 2.05) is 0 Å². The summed E-state index contributed by atoms with van der Waals surface area (Å²) in [7, 11) is -3.90. The molecule has 1 aromatic heterocycles. The van der Waals surface area contributed by atoms with Crippen LogP contribution in [0.25, 0.3) is 0 Å². The summed E-state index contributed by atoms with van der Waals surface area (Å²) >= 11 is 5.62. The Bertz CT molecular complexity index is 941. The third-order valence-electron chi connectivity index (χ3n) is 4.02. The highest BCUT2D eigenvalue weighted by atomic mass is 35.5. The molecule has 146 valence electrons. The van der Waals surface area contributed by atoms with Gasteiger partial charge >= 0.3 is 6.18 Å². The molecule has 2 heterocycles. The average molecular weight is 424 g/mol. The van der Waals surface area contributed by atoms with Gasteiger partial charge in [-0.2, -0.15) is 22.6 Å². The van der Waals surface area contributed by atoms with Crippen molar-refractivity contribution in [3.63, 3.8) is 0 Å². The molecule has 1 N–H and O–H groups in total. The fourth-order valence-electron chi connectivity index (χ4n) is 2.68. The number of carbonyl (C=O) groups is 1. The van der Waals surface area contributed by atoms with Gasteiger partial charge in [0.25, 0.3) is 21.1 Å². The number of hydrogen-bond acceptors (Lipinski definition) is 5. The van der Waals surface area contributed by atoms with Crippen LogP contribution in [-0.4, -0.2) is 64.9 Å². The minimum absolute atomic E-state index is 0.0634. The first-order valence-corrected chi connectivity index (χ1v) is 9.44. The summed E-state index contributed by atoms with van der Waals surface area (Å²) in [5.74, 6) is -0.837. The molecule has 0 aliphatic carbocycles. The second kappa shape index (κ2) is 7.09. The predicted octanol–water partition coefficient (Wildman–Crippen LogP) is 1.62. The number of nitrogens with zero attached hydrogens (tertiary/aromatic N) is 4. The second-order valence-corrected chi connectivity index (χ2v) is 7.96. The lowest BCUT2D eigenvalue weighted by Crippen LogP contribution is -2.50. The van der Waals surface area contributed by atoms with Crippen LogP contribution in [0.4, 0.5) is 13.2 Å². The van der Waals surface area contributed by atoms with E-state index in [-0.39, 0.29) is 36.4 Å². The zero-order valence-electron chi connectivity index (χ0n) is 13.6. The van der Waals surface area contributed by atoms with Crippen molar-refractivity contribution in [1.29, 1.82) is 0 Å². The molecule has 1 aromatic carbocycles. The van der Waals surface area contributed by atoms with Crippen molar-refractivity contribution in [2.45, 2.75) is 11.3 Å². The van der Waals surface area contributed by atoms with E-state index < -0.39 is 33.2 Å². The van der Waals surface area contributed by atoms with Gasteiger partial charge in [-0.05, 0) is 18.2 Å². The Morgan fingerprint density at radius 1 is 1.19 bits per heavy atom. The lowest BCUT2D eigenvalue weighted by Gasteiger charge is -2.33. The minimum Gasteiger partial charge on any atom is -0.336 e. The van der Waals surface area contributed by atoms with Gasteiger partial charge in [-0.15, -0.1) is 0 Å². The van der Waals surface area contributed by atoms with Gasteiger partial charge in [-0.1, -0.05) is 11.6 Å². The van der Waals surface area contributed by atoms with Gasteiger partial charge in [0.1, 0.15) is 6.33 Å². The normalized spacial score (nSPS) is 16.5. The number of carbonyl (C=O) groups excluding carboxylic acids is 1. The maximum absolute atomic E-state index is 13.2. The van der Waals surface area contributed by atoms with Crippen LogP contribution in [0.2, 0.25) is 5.02 Å². The maximum Gasteiger partial charge on any atom is 0.417 e. The Balaban J connectivity index is 1.77. The predicted molar refractivity (Wildman–Crippen MR) is 87.5 cm³/mol. The zero-order chi connectivity index (χ0) is 19.8. The van der Waals surface area contributed by atoms with E-state index in [4.69, 9.17) is 11.6 Å². The van der Waals surface area contributed by atoms with Crippen LogP contribution in [0, 0.1) is 0 Å². The topological polar surface area (TPSA) is 99.3 Å². The number of nitrogens with one attached hydrogen (secondary N) is 1. The minimum atomic E-state index is -4.74. The summed E-state index contributed by atoms with van der Waals surface area (Å²) in [5, 5.41) is 5.27. The van der Waals surface area contributed by atoms with Crippen molar-refractivity contribution >= 4 is 27.5 Å².